The van der Waals surface area contributed by atoms with Crippen LogP contribution in [0.15, 0.2) is 42.6 Å². The molecule has 1 aromatic carbocycles. The van der Waals surface area contributed by atoms with Gasteiger partial charge in [-0.2, -0.15) is 0 Å². The third-order valence-corrected chi connectivity index (χ3v) is 4.24. The number of hydrogen-bond acceptors (Lipinski definition) is 3. The Hall–Kier alpha value is -2.76. The topological polar surface area (TPSA) is 65.6 Å². The minimum Gasteiger partial charge on any atom is -0.497 e. The summed E-state index contributed by atoms with van der Waals surface area (Å²) in [4.78, 5) is 31.6. The average molecular weight is 327 g/mol. The number of carbonyl (C=O) groups is 2. The van der Waals surface area contributed by atoms with Gasteiger partial charge in [-0.15, -0.1) is 0 Å². The molecule has 0 unspecified atom stereocenters. The maximum Gasteiger partial charge on any atom is 0.270 e. The number of amides is 2. The fourth-order valence-corrected chi connectivity index (χ4v) is 2.87. The molecule has 0 atom stereocenters. The molecule has 24 heavy (non-hydrogen) atoms. The van der Waals surface area contributed by atoms with E-state index in [1.165, 1.54) is 0 Å². The van der Waals surface area contributed by atoms with Crippen molar-refractivity contribution in [2.75, 3.05) is 33.3 Å². The maximum atomic E-state index is 12.6. The van der Waals surface area contributed by atoms with Gasteiger partial charge >= 0.3 is 0 Å². The molecule has 6 nitrogen and oxygen atoms in total. The molecule has 1 aliphatic heterocycles. The van der Waals surface area contributed by atoms with E-state index in [4.69, 9.17) is 4.74 Å². The third-order valence-electron chi connectivity index (χ3n) is 4.24. The molecule has 126 valence electrons. The first-order valence-corrected chi connectivity index (χ1v) is 8.05. The van der Waals surface area contributed by atoms with Crippen molar-refractivity contribution in [2.24, 2.45) is 0 Å². The lowest BCUT2D eigenvalue weighted by molar-refractivity contribution is 0.0716. The van der Waals surface area contributed by atoms with Crippen LogP contribution in [0.1, 0.15) is 27.3 Å². The predicted molar refractivity (Wildman–Crippen MR) is 90.2 cm³/mol. The summed E-state index contributed by atoms with van der Waals surface area (Å²) < 4.78 is 5.12. The third kappa shape index (κ3) is 3.42. The van der Waals surface area contributed by atoms with Gasteiger partial charge in [0.2, 0.25) is 0 Å². The summed E-state index contributed by atoms with van der Waals surface area (Å²) in [5, 5.41) is 0. The Balaban J connectivity index is 1.64. The van der Waals surface area contributed by atoms with E-state index >= 15 is 0 Å². The smallest absolute Gasteiger partial charge is 0.270 e. The molecular weight excluding hydrogens is 306 g/mol. The van der Waals surface area contributed by atoms with E-state index in [-0.39, 0.29) is 11.8 Å². The largest absolute Gasteiger partial charge is 0.497 e. The van der Waals surface area contributed by atoms with Crippen LogP contribution >= 0.6 is 0 Å². The first-order valence-electron chi connectivity index (χ1n) is 8.05. The Bertz CT molecular complexity index is 695. The first-order chi connectivity index (χ1) is 11.7. The van der Waals surface area contributed by atoms with Crippen molar-refractivity contribution in [2.45, 2.75) is 6.42 Å². The predicted octanol–water partition coefficient (Wildman–Crippen LogP) is 2.01. The van der Waals surface area contributed by atoms with Crippen LogP contribution in [0.2, 0.25) is 0 Å². The van der Waals surface area contributed by atoms with Crippen molar-refractivity contribution in [3.05, 3.63) is 53.9 Å². The van der Waals surface area contributed by atoms with E-state index in [0.29, 0.717) is 37.4 Å². The Labute approximate surface area is 141 Å². The van der Waals surface area contributed by atoms with Gasteiger partial charge in [0.1, 0.15) is 11.4 Å². The van der Waals surface area contributed by atoms with Gasteiger partial charge in [-0.1, -0.05) is 0 Å². The number of hydrogen-bond donors (Lipinski definition) is 1. The zero-order valence-electron chi connectivity index (χ0n) is 13.7. The van der Waals surface area contributed by atoms with Gasteiger partial charge in [-0.05, 0) is 42.8 Å². The highest BCUT2D eigenvalue weighted by Gasteiger charge is 2.23. The van der Waals surface area contributed by atoms with Crippen LogP contribution in [-0.4, -0.2) is 59.9 Å². The van der Waals surface area contributed by atoms with Crippen molar-refractivity contribution >= 4 is 11.8 Å². The summed E-state index contributed by atoms with van der Waals surface area (Å²) in [7, 11) is 1.60. The Morgan fingerprint density at radius 1 is 0.958 bits per heavy atom. The highest BCUT2D eigenvalue weighted by Crippen LogP contribution is 2.15. The number of nitrogens with one attached hydrogen (secondary N) is 1. The second-order valence-corrected chi connectivity index (χ2v) is 5.75. The lowest BCUT2D eigenvalue weighted by Crippen LogP contribution is -2.37. The SMILES string of the molecule is COc1ccc(C(=O)N2CCCN(C(=O)c3ccc[nH]3)CC2)cc1. The summed E-state index contributed by atoms with van der Waals surface area (Å²) in [5.41, 5.74) is 1.23. The van der Waals surface area contributed by atoms with E-state index < -0.39 is 0 Å². The Morgan fingerprint density at radius 2 is 1.62 bits per heavy atom. The molecule has 2 heterocycles. The number of benzene rings is 1. The highest BCUT2D eigenvalue weighted by atomic mass is 16.5. The number of ether oxygens (including phenoxy) is 1. The summed E-state index contributed by atoms with van der Waals surface area (Å²) in [6, 6.07) is 10.7. The van der Waals surface area contributed by atoms with E-state index in [1.54, 1.807) is 48.5 Å². The quantitative estimate of drug-likeness (QED) is 0.938. The normalized spacial score (nSPS) is 15.0. The van der Waals surface area contributed by atoms with Crippen molar-refractivity contribution < 1.29 is 14.3 Å². The highest BCUT2D eigenvalue weighted by molar-refractivity contribution is 5.95. The summed E-state index contributed by atoms with van der Waals surface area (Å²) >= 11 is 0. The fraction of sp³-hybridized carbons (Fsp3) is 0.333. The number of aromatic nitrogens is 1. The summed E-state index contributed by atoms with van der Waals surface area (Å²) in [5.74, 6) is 0.704. The molecule has 0 aliphatic carbocycles. The molecule has 1 N–H and O–H groups in total. The molecule has 2 amide bonds. The lowest BCUT2D eigenvalue weighted by Gasteiger charge is -2.22. The van der Waals surface area contributed by atoms with Crippen molar-refractivity contribution in [3.63, 3.8) is 0 Å². The van der Waals surface area contributed by atoms with Crippen LogP contribution < -0.4 is 4.74 Å². The Kier molecular flexibility index (Phi) is 4.84. The van der Waals surface area contributed by atoms with Crippen LogP contribution in [0.3, 0.4) is 0 Å². The van der Waals surface area contributed by atoms with Gasteiger partial charge in [0, 0.05) is 37.9 Å². The first kappa shape index (κ1) is 16.1. The zero-order valence-corrected chi connectivity index (χ0v) is 13.7. The van der Waals surface area contributed by atoms with E-state index in [2.05, 4.69) is 4.98 Å². The number of H-pyrrole nitrogens is 1. The summed E-state index contributed by atoms with van der Waals surface area (Å²) in [6.45, 7) is 2.39. The molecule has 0 saturated carbocycles. The molecule has 0 bridgehead atoms. The molecular formula is C18H21N3O3. The van der Waals surface area contributed by atoms with Crippen molar-refractivity contribution in [1.82, 2.24) is 14.8 Å². The molecule has 1 aromatic heterocycles. The second-order valence-electron chi connectivity index (χ2n) is 5.75. The van der Waals surface area contributed by atoms with Gasteiger partial charge < -0.3 is 19.5 Å². The van der Waals surface area contributed by atoms with E-state index in [1.807, 2.05) is 11.0 Å². The Morgan fingerprint density at radius 3 is 2.21 bits per heavy atom. The number of nitrogens with zero attached hydrogens (tertiary/aromatic N) is 2. The minimum atomic E-state index is -0.0150. The fourth-order valence-electron chi connectivity index (χ4n) is 2.87. The number of methoxy groups -OCH3 is 1. The molecule has 1 aliphatic rings. The molecule has 2 aromatic rings. The van der Waals surface area contributed by atoms with E-state index in [9.17, 15) is 9.59 Å². The zero-order chi connectivity index (χ0) is 16.9. The van der Waals surface area contributed by atoms with Gasteiger partial charge in [-0.25, -0.2) is 0 Å². The summed E-state index contributed by atoms with van der Waals surface area (Å²) in [6.07, 6.45) is 2.51. The van der Waals surface area contributed by atoms with Crippen LogP contribution in [0.25, 0.3) is 0 Å². The molecule has 0 radical (unpaired) electrons. The van der Waals surface area contributed by atoms with Crippen molar-refractivity contribution in [1.29, 1.82) is 0 Å². The molecule has 3 rings (SSSR count). The number of aromatic amines is 1. The second kappa shape index (κ2) is 7.21. The maximum absolute atomic E-state index is 12.6. The van der Waals surface area contributed by atoms with Gasteiger partial charge in [0.25, 0.3) is 11.8 Å². The van der Waals surface area contributed by atoms with E-state index in [0.717, 1.165) is 12.2 Å². The van der Waals surface area contributed by atoms with Crippen LogP contribution in [0.4, 0.5) is 0 Å². The lowest BCUT2D eigenvalue weighted by atomic mass is 10.2. The standard InChI is InChI=1S/C18H21N3O3/c1-24-15-7-5-14(6-8-15)17(22)20-10-3-11-21(13-12-20)18(23)16-4-2-9-19-16/h2,4-9,19H,3,10-13H2,1H3. The molecule has 6 heteroatoms. The van der Waals surface area contributed by atoms with Crippen LogP contribution in [-0.2, 0) is 0 Å². The minimum absolute atomic E-state index is 0.00757. The van der Waals surface area contributed by atoms with Crippen LogP contribution in [0.5, 0.6) is 5.75 Å². The average Bonchev–Trinajstić information content (AvgIpc) is 3.05. The number of rotatable bonds is 3. The van der Waals surface area contributed by atoms with Crippen LogP contribution in [0, 0.1) is 0 Å². The molecule has 1 saturated heterocycles. The van der Waals surface area contributed by atoms with Gasteiger partial charge in [0.05, 0.1) is 7.11 Å². The molecule has 0 spiro atoms. The van der Waals surface area contributed by atoms with Crippen molar-refractivity contribution in [3.8, 4) is 5.75 Å². The monoisotopic (exact) mass is 327 g/mol. The van der Waals surface area contributed by atoms with Gasteiger partial charge in [0.15, 0.2) is 0 Å². The van der Waals surface area contributed by atoms with Gasteiger partial charge in [-0.3, -0.25) is 9.59 Å². The molecule has 1 fully saturated rings. The number of carbonyl (C=O) groups excluding carboxylic acids is 2.